The Balaban J connectivity index is 1.21. The van der Waals surface area contributed by atoms with Crippen LogP contribution in [0.3, 0.4) is 0 Å². The molecule has 0 spiro atoms. The zero-order chi connectivity index (χ0) is 36.6. The molecule has 0 bridgehead atoms. The summed E-state index contributed by atoms with van der Waals surface area (Å²) < 4.78 is 6.96. The molecule has 0 fully saturated rings. The normalized spacial score (nSPS) is 11.6. The molecule has 3 aromatic heterocycles. The molecule has 254 valence electrons. The van der Waals surface area contributed by atoms with Crippen LogP contribution in [0, 0.1) is 22.7 Å². The van der Waals surface area contributed by atoms with Gasteiger partial charge in [0.25, 0.3) is 0 Å². The summed E-state index contributed by atoms with van der Waals surface area (Å²) in [6.45, 7) is 0. The molecule has 0 radical (unpaired) electrons. The van der Waals surface area contributed by atoms with E-state index in [2.05, 4.69) is 159 Å². The molecule has 0 saturated heterocycles. The fraction of sp³-hybridized carbons (Fsp3) is 0. The fourth-order valence-electron chi connectivity index (χ4n) is 8.83. The Morgan fingerprint density at radius 1 is 0.364 bits per heavy atom. The number of rotatable bonds is 4. The molecule has 0 aliphatic carbocycles. The monoisotopic (exact) mass is 699 g/mol. The molecule has 0 aliphatic rings. The summed E-state index contributed by atoms with van der Waals surface area (Å²) in [4.78, 5) is 0. The summed E-state index contributed by atoms with van der Waals surface area (Å²) >= 11 is 0. The van der Waals surface area contributed by atoms with Crippen molar-refractivity contribution in [2.24, 2.45) is 0 Å². The van der Waals surface area contributed by atoms with Gasteiger partial charge in [0, 0.05) is 43.6 Å². The maximum Gasteiger partial charge on any atom is 0.101 e. The largest absolute Gasteiger partial charge is 0.307 e. The van der Waals surface area contributed by atoms with E-state index in [9.17, 15) is 10.5 Å². The number of nitriles is 2. The van der Waals surface area contributed by atoms with Gasteiger partial charge in [0.15, 0.2) is 0 Å². The van der Waals surface area contributed by atoms with E-state index in [1.54, 1.807) is 0 Å². The minimum Gasteiger partial charge on any atom is -0.307 e. The second-order valence-electron chi connectivity index (χ2n) is 14.0. The van der Waals surface area contributed by atoms with Crippen LogP contribution in [0.5, 0.6) is 0 Å². The van der Waals surface area contributed by atoms with Crippen LogP contribution in [0.2, 0.25) is 0 Å². The van der Waals surface area contributed by atoms with Crippen LogP contribution in [0.15, 0.2) is 176 Å². The summed E-state index contributed by atoms with van der Waals surface area (Å²) in [5.74, 6) is 0. The molecule has 0 N–H and O–H groups in total. The quantitative estimate of drug-likeness (QED) is 0.184. The smallest absolute Gasteiger partial charge is 0.101 e. The van der Waals surface area contributed by atoms with Crippen molar-refractivity contribution in [1.29, 1.82) is 10.5 Å². The molecule has 0 saturated carbocycles. The van der Waals surface area contributed by atoms with Gasteiger partial charge in [-0.1, -0.05) is 115 Å². The lowest BCUT2D eigenvalue weighted by Crippen LogP contribution is -2.02. The Bertz CT molecular complexity index is 3420. The predicted molar refractivity (Wildman–Crippen MR) is 224 cm³/mol. The Hall–Kier alpha value is -7.86. The molecule has 0 unspecified atom stereocenters. The number of para-hydroxylation sites is 6. The van der Waals surface area contributed by atoms with Crippen molar-refractivity contribution in [3.8, 4) is 40.3 Å². The first-order valence-electron chi connectivity index (χ1n) is 18.3. The number of hydrogen-bond acceptors (Lipinski definition) is 2. The van der Waals surface area contributed by atoms with E-state index in [1.165, 1.54) is 21.5 Å². The van der Waals surface area contributed by atoms with Gasteiger partial charge in [-0.05, 0) is 66.2 Å². The molecule has 3 heterocycles. The highest BCUT2D eigenvalue weighted by Gasteiger charge is 2.22. The van der Waals surface area contributed by atoms with Gasteiger partial charge in [-0.3, -0.25) is 0 Å². The second-order valence-corrected chi connectivity index (χ2v) is 14.0. The first-order chi connectivity index (χ1) is 27.2. The van der Waals surface area contributed by atoms with Crippen LogP contribution >= 0.6 is 0 Å². The first-order valence-corrected chi connectivity index (χ1v) is 18.3. The molecule has 5 nitrogen and oxygen atoms in total. The third-order valence-corrected chi connectivity index (χ3v) is 11.1. The Morgan fingerprint density at radius 3 is 1.53 bits per heavy atom. The van der Waals surface area contributed by atoms with Gasteiger partial charge < -0.3 is 13.7 Å². The van der Waals surface area contributed by atoms with Gasteiger partial charge in [-0.25, -0.2) is 0 Å². The zero-order valence-electron chi connectivity index (χ0n) is 29.5. The summed E-state index contributed by atoms with van der Waals surface area (Å²) in [5.41, 5.74) is 12.4. The molecule has 8 aromatic carbocycles. The van der Waals surface area contributed by atoms with Gasteiger partial charge >= 0.3 is 0 Å². The molecule has 11 rings (SSSR count). The predicted octanol–water partition coefficient (Wildman–Crippen LogP) is 12.4. The molecule has 0 aliphatic heterocycles. The van der Waals surface area contributed by atoms with Crippen molar-refractivity contribution in [3.05, 3.63) is 187 Å². The summed E-state index contributed by atoms with van der Waals surface area (Å²) in [6.07, 6.45) is 0. The Morgan fingerprint density at radius 2 is 0.891 bits per heavy atom. The van der Waals surface area contributed by atoms with Crippen molar-refractivity contribution in [2.45, 2.75) is 0 Å². The third-order valence-electron chi connectivity index (χ3n) is 11.1. The van der Waals surface area contributed by atoms with Gasteiger partial charge in [0.2, 0.25) is 0 Å². The third kappa shape index (κ3) is 4.39. The van der Waals surface area contributed by atoms with E-state index >= 15 is 0 Å². The van der Waals surface area contributed by atoms with Crippen LogP contribution in [0.1, 0.15) is 11.1 Å². The van der Waals surface area contributed by atoms with E-state index in [1.807, 2.05) is 42.5 Å². The van der Waals surface area contributed by atoms with Crippen LogP contribution in [-0.2, 0) is 0 Å². The minimum atomic E-state index is 0.550. The number of nitrogens with zero attached hydrogens (tertiary/aromatic N) is 5. The van der Waals surface area contributed by atoms with Gasteiger partial charge in [0.05, 0.1) is 61.7 Å². The minimum absolute atomic E-state index is 0.550. The van der Waals surface area contributed by atoms with Crippen molar-refractivity contribution >= 4 is 65.4 Å². The van der Waals surface area contributed by atoms with Crippen molar-refractivity contribution in [3.63, 3.8) is 0 Å². The van der Waals surface area contributed by atoms with Gasteiger partial charge in [-0.15, -0.1) is 0 Å². The average molecular weight is 700 g/mol. The lowest BCUT2D eigenvalue weighted by Gasteiger charge is -2.17. The van der Waals surface area contributed by atoms with Crippen molar-refractivity contribution in [2.75, 3.05) is 0 Å². The maximum absolute atomic E-state index is 10.3. The summed E-state index contributed by atoms with van der Waals surface area (Å²) in [5, 5.41) is 27.3. The lowest BCUT2D eigenvalue weighted by molar-refractivity contribution is 1.13. The summed E-state index contributed by atoms with van der Waals surface area (Å²) in [7, 11) is 0. The fourth-order valence-corrected chi connectivity index (χ4v) is 8.83. The molecule has 5 heteroatoms. The zero-order valence-corrected chi connectivity index (χ0v) is 29.5. The average Bonchev–Trinajstić information content (AvgIpc) is 3.89. The second kappa shape index (κ2) is 11.8. The molecule has 55 heavy (non-hydrogen) atoms. The van der Waals surface area contributed by atoms with E-state index < -0.39 is 0 Å². The van der Waals surface area contributed by atoms with Crippen LogP contribution in [0.25, 0.3) is 93.6 Å². The number of hydrogen-bond donors (Lipinski definition) is 0. The Kier molecular flexibility index (Phi) is 6.61. The molecule has 0 atom stereocenters. The van der Waals surface area contributed by atoms with E-state index in [4.69, 9.17) is 0 Å². The van der Waals surface area contributed by atoms with Crippen LogP contribution in [-0.4, -0.2) is 13.7 Å². The standard InChI is InChI=1S/C50H29N5/c51-30-32-26-27-36(48(28-32)55-46-24-8-4-17-39(46)41-19-10-13-34(31-52)49(41)55)33-12-9-14-35(29-33)53-43-21-5-3-18-40(43)42-20-11-25-47(50(42)53)54-44-22-6-1-15-37(44)38-16-2-7-23-45(38)54/h1-29H. The number of aromatic nitrogens is 3. The molecular formula is C50H29N5. The topological polar surface area (TPSA) is 62.4 Å². The van der Waals surface area contributed by atoms with E-state index in [-0.39, 0.29) is 0 Å². The summed E-state index contributed by atoms with van der Waals surface area (Å²) in [6, 6.07) is 66.0. The van der Waals surface area contributed by atoms with E-state index in [0.717, 1.165) is 72.1 Å². The first kappa shape index (κ1) is 30.7. The number of benzene rings is 8. The molecule has 0 amide bonds. The van der Waals surface area contributed by atoms with Gasteiger partial charge in [-0.2, -0.15) is 10.5 Å². The van der Waals surface area contributed by atoms with Crippen LogP contribution < -0.4 is 0 Å². The van der Waals surface area contributed by atoms with Crippen molar-refractivity contribution < 1.29 is 0 Å². The highest BCUT2D eigenvalue weighted by Crippen LogP contribution is 2.42. The Labute approximate surface area is 316 Å². The highest BCUT2D eigenvalue weighted by molar-refractivity contribution is 6.15. The molecule has 11 aromatic rings. The maximum atomic E-state index is 10.3. The highest BCUT2D eigenvalue weighted by atomic mass is 15.1. The van der Waals surface area contributed by atoms with Crippen LogP contribution in [0.4, 0.5) is 0 Å². The SMILES string of the molecule is N#Cc1ccc(-c2cccc(-n3c4ccccc4c4cccc(-n5c6ccccc6c6ccccc65)c43)c2)c(-n2c3ccccc3c3cccc(C#N)c32)c1. The van der Waals surface area contributed by atoms with E-state index in [0.29, 0.717) is 11.1 Å². The van der Waals surface area contributed by atoms with Gasteiger partial charge in [0.1, 0.15) is 6.07 Å². The lowest BCUT2D eigenvalue weighted by atomic mass is 10.00. The number of fused-ring (bicyclic) bond motifs is 9. The van der Waals surface area contributed by atoms with Crippen molar-refractivity contribution in [1.82, 2.24) is 13.7 Å². The molecular weight excluding hydrogens is 671 g/mol.